The van der Waals surface area contributed by atoms with Crippen molar-refractivity contribution in [2.45, 2.75) is 50.9 Å². The van der Waals surface area contributed by atoms with E-state index in [1.165, 1.54) is 47.1 Å². The van der Waals surface area contributed by atoms with Crippen LogP contribution in [0.1, 0.15) is 59.4 Å². The fourth-order valence-electron chi connectivity index (χ4n) is 5.53. The molecule has 1 N–H and O–H groups in total. The average Bonchev–Trinajstić information content (AvgIpc) is 3.08. The van der Waals surface area contributed by atoms with Crippen molar-refractivity contribution in [1.82, 2.24) is 9.88 Å². The summed E-state index contributed by atoms with van der Waals surface area (Å²) in [5.41, 5.74) is 9.38. The summed E-state index contributed by atoms with van der Waals surface area (Å²) in [5.74, 6) is 0.637. The molecule has 0 radical (unpaired) electrons. The minimum atomic E-state index is 0.152. The van der Waals surface area contributed by atoms with Gasteiger partial charge in [-0.15, -0.1) is 6.58 Å². The number of hydrogen-bond donors (Lipinski definition) is 1. The summed E-state index contributed by atoms with van der Waals surface area (Å²) in [7, 11) is 0. The highest BCUT2D eigenvalue weighted by atomic mass is 16.1. The summed E-state index contributed by atoms with van der Waals surface area (Å²) in [6, 6.07) is 6.74. The monoisotopic (exact) mass is 360 g/mol. The maximum absolute atomic E-state index is 12.6. The topological polar surface area (TPSA) is 36.1 Å². The lowest BCUT2D eigenvalue weighted by Gasteiger charge is -2.32. The summed E-state index contributed by atoms with van der Waals surface area (Å²) in [6.07, 6.45) is 9.84. The Hall–Kier alpha value is -2.13. The van der Waals surface area contributed by atoms with Gasteiger partial charge in [-0.3, -0.25) is 9.69 Å². The molecule has 1 aliphatic heterocycles. The van der Waals surface area contributed by atoms with E-state index in [1.807, 2.05) is 6.08 Å². The first-order valence-electron chi connectivity index (χ1n) is 10.5. The van der Waals surface area contributed by atoms with Gasteiger partial charge in [-0.25, -0.2) is 0 Å². The van der Waals surface area contributed by atoms with Crippen LogP contribution in [0, 0.1) is 0 Å². The van der Waals surface area contributed by atoms with Crippen LogP contribution in [0.4, 0.5) is 0 Å². The first-order valence-corrected chi connectivity index (χ1v) is 10.5. The number of hydrogen-bond acceptors (Lipinski definition) is 2. The van der Waals surface area contributed by atoms with Crippen molar-refractivity contribution in [3.8, 4) is 11.3 Å². The Bertz CT molecular complexity index is 948. The number of rotatable bonds is 3. The number of H-pyrrole nitrogens is 1. The molecule has 3 nitrogen and oxygen atoms in total. The third kappa shape index (κ3) is 2.80. The van der Waals surface area contributed by atoms with Crippen molar-refractivity contribution < 1.29 is 0 Å². The zero-order chi connectivity index (χ0) is 18.4. The Morgan fingerprint density at radius 1 is 1.07 bits per heavy atom. The van der Waals surface area contributed by atoms with E-state index in [0.29, 0.717) is 5.92 Å². The molecule has 0 saturated carbocycles. The van der Waals surface area contributed by atoms with E-state index >= 15 is 0 Å². The highest BCUT2D eigenvalue weighted by molar-refractivity contribution is 5.77. The molecule has 1 aromatic heterocycles. The molecule has 1 aromatic carbocycles. The van der Waals surface area contributed by atoms with Crippen molar-refractivity contribution in [3.63, 3.8) is 0 Å². The maximum Gasteiger partial charge on any atom is 0.251 e. The molecular formula is C24H28N2O. The molecule has 140 valence electrons. The average molecular weight is 361 g/mol. The van der Waals surface area contributed by atoms with Crippen LogP contribution in [0.2, 0.25) is 0 Å². The lowest BCUT2D eigenvalue weighted by molar-refractivity contribution is 0.232. The third-order valence-corrected chi connectivity index (χ3v) is 6.90. The van der Waals surface area contributed by atoms with Gasteiger partial charge in [0.2, 0.25) is 0 Å². The highest BCUT2D eigenvalue weighted by Crippen LogP contribution is 2.43. The van der Waals surface area contributed by atoms with E-state index in [-0.39, 0.29) is 5.56 Å². The number of aromatic nitrogens is 1. The van der Waals surface area contributed by atoms with Gasteiger partial charge in [0.05, 0.1) is 5.69 Å². The Morgan fingerprint density at radius 2 is 1.85 bits per heavy atom. The van der Waals surface area contributed by atoms with Gasteiger partial charge in [-0.2, -0.15) is 0 Å². The van der Waals surface area contributed by atoms with Crippen LogP contribution >= 0.6 is 0 Å². The molecule has 27 heavy (non-hydrogen) atoms. The van der Waals surface area contributed by atoms with Crippen LogP contribution < -0.4 is 5.56 Å². The number of likely N-dealkylation sites (tertiary alicyclic amines) is 1. The molecule has 1 saturated heterocycles. The van der Waals surface area contributed by atoms with Crippen LogP contribution in [0.3, 0.4) is 0 Å². The SMILES string of the molecule is C=CCN1CCC(c2cccc3c2Cc2c-3[nH]c(=O)c3c2CCCC3)CC1. The summed E-state index contributed by atoms with van der Waals surface area (Å²) < 4.78 is 0. The van der Waals surface area contributed by atoms with Crippen molar-refractivity contribution in [3.05, 3.63) is 69.0 Å². The predicted octanol–water partition coefficient (Wildman–Crippen LogP) is 4.19. The second kappa shape index (κ2) is 6.79. The molecule has 0 bridgehead atoms. The maximum atomic E-state index is 12.6. The minimum Gasteiger partial charge on any atom is -0.321 e. The van der Waals surface area contributed by atoms with E-state index in [9.17, 15) is 4.79 Å². The fourth-order valence-corrected chi connectivity index (χ4v) is 5.53. The molecule has 2 heterocycles. The van der Waals surface area contributed by atoms with E-state index in [2.05, 4.69) is 34.7 Å². The summed E-state index contributed by atoms with van der Waals surface area (Å²) in [6.45, 7) is 7.18. The Morgan fingerprint density at radius 3 is 2.63 bits per heavy atom. The van der Waals surface area contributed by atoms with Gasteiger partial charge >= 0.3 is 0 Å². The lowest BCUT2D eigenvalue weighted by atomic mass is 9.84. The first-order chi connectivity index (χ1) is 13.3. The van der Waals surface area contributed by atoms with E-state index in [1.54, 1.807) is 0 Å². The van der Waals surface area contributed by atoms with E-state index in [4.69, 9.17) is 0 Å². The van der Waals surface area contributed by atoms with Gasteiger partial charge in [0.25, 0.3) is 5.56 Å². The van der Waals surface area contributed by atoms with E-state index in [0.717, 1.165) is 56.6 Å². The third-order valence-electron chi connectivity index (χ3n) is 6.90. The van der Waals surface area contributed by atoms with Crippen LogP contribution in [-0.2, 0) is 19.3 Å². The Kier molecular flexibility index (Phi) is 4.28. The van der Waals surface area contributed by atoms with Crippen LogP contribution in [0.5, 0.6) is 0 Å². The Labute approximate surface area is 161 Å². The zero-order valence-electron chi connectivity index (χ0n) is 16.0. The van der Waals surface area contributed by atoms with Crippen molar-refractivity contribution in [2.24, 2.45) is 0 Å². The molecular weight excluding hydrogens is 332 g/mol. The molecule has 2 aliphatic carbocycles. The molecule has 0 atom stereocenters. The van der Waals surface area contributed by atoms with Crippen molar-refractivity contribution in [1.29, 1.82) is 0 Å². The van der Waals surface area contributed by atoms with Gasteiger partial charge < -0.3 is 4.98 Å². The lowest BCUT2D eigenvalue weighted by Crippen LogP contribution is -2.33. The van der Waals surface area contributed by atoms with Gasteiger partial charge in [0.15, 0.2) is 0 Å². The number of nitrogens with zero attached hydrogens (tertiary/aromatic N) is 1. The number of aromatic amines is 1. The highest BCUT2D eigenvalue weighted by Gasteiger charge is 2.30. The molecule has 0 spiro atoms. The number of fused-ring (bicyclic) bond motifs is 5. The van der Waals surface area contributed by atoms with E-state index < -0.39 is 0 Å². The van der Waals surface area contributed by atoms with Gasteiger partial charge in [-0.05, 0) is 79.8 Å². The molecule has 1 fully saturated rings. The standard InChI is InChI=1S/C24H28N2O/c1-2-12-26-13-10-16(11-14-26)17-8-5-9-19-21(17)15-22-18-6-3-4-7-20(18)24(27)25-23(19)22/h2,5,8-9,16H,1,3-4,6-7,10-15H2,(H,25,27). The molecule has 3 aliphatic rings. The molecule has 2 aromatic rings. The van der Waals surface area contributed by atoms with Crippen LogP contribution in [0.25, 0.3) is 11.3 Å². The van der Waals surface area contributed by atoms with Gasteiger partial charge in [-0.1, -0.05) is 24.3 Å². The van der Waals surface area contributed by atoms with Crippen LogP contribution in [0.15, 0.2) is 35.6 Å². The normalized spacial score (nSPS) is 19.4. The smallest absolute Gasteiger partial charge is 0.251 e. The fraction of sp³-hybridized carbons (Fsp3) is 0.458. The second-order valence-corrected chi connectivity index (χ2v) is 8.39. The molecule has 0 unspecified atom stereocenters. The number of piperidine rings is 1. The summed E-state index contributed by atoms with van der Waals surface area (Å²) >= 11 is 0. The van der Waals surface area contributed by atoms with Gasteiger partial charge in [0.1, 0.15) is 0 Å². The summed E-state index contributed by atoms with van der Waals surface area (Å²) in [4.78, 5) is 18.4. The summed E-state index contributed by atoms with van der Waals surface area (Å²) in [5, 5.41) is 0. The van der Waals surface area contributed by atoms with Gasteiger partial charge in [0, 0.05) is 24.1 Å². The van der Waals surface area contributed by atoms with Crippen molar-refractivity contribution >= 4 is 0 Å². The molecule has 3 heteroatoms. The van der Waals surface area contributed by atoms with Crippen LogP contribution in [-0.4, -0.2) is 29.5 Å². The Balaban J connectivity index is 1.51. The number of nitrogens with one attached hydrogen (secondary N) is 1. The molecule has 5 rings (SSSR count). The number of benzene rings is 1. The molecule has 0 amide bonds. The largest absolute Gasteiger partial charge is 0.321 e. The first kappa shape index (κ1) is 17.0. The quantitative estimate of drug-likeness (QED) is 0.711. The minimum absolute atomic E-state index is 0.152. The second-order valence-electron chi connectivity index (χ2n) is 8.39. The predicted molar refractivity (Wildman–Crippen MR) is 111 cm³/mol. The zero-order valence-corrected chi connectivity index (χ0v) is 16.0. The van der Waals surface area contributed by atoms with Crippen molar-refractivity contribution in [2.75, 3.05) is 19.6 Å². The number of pyridine rings is 1.